The van der Waals surface area contributed by atoms with E-state index < -0.39 is 0 Å². The summed E-state index contributed by atoms with van der Waals surface area (Å²) in [6.07, 6.45) is 6.91. The Kier molecular flexibility index (Phi) is 4.15. The smallest absolute Gasteiger partial charge is 0.221 e. The van der Waals surface area contributed by atoms with Gasteiger partial charge in [-0.1, -0.05) is 20.8 Å². The van der Waals surface area contributed by atoms with E-state index >= 15 is 0 Å². The molecule has 1 saturated heterocycles. The van der Waals surface area contributed by atoms with Crippen LogP contribution < -0.4 is 4.90 Å². The van der Waals surface area contributed by atoms with Gasteiger partial charge in [0.15, 0.2) is 5.82 Å². The van der Waals surface area contributed by atoms with Crippen LogP contribution in [0.1, 0.15) is 44.3 Å². The Morgan fingerprint density at radius 1 is 1.24 bits per heavy atom. The molecule has 3 aromatic rings. The molecule has 0 aromatic carbocycles. The van der Waals surface area contributed by atoms with Crippen molar-refractivity contribution >= 4 is 22.8 Å². The number of rotatable bonds is 3. The molecule has 0 aliphatic carbocycles. The SMILES string of the molecule is CC(C)(C)c1csc(CC2CCN(c3nccn4nnnc34)CC2)n1. The van der Waals surface area contributed by atoms with Crippen molar-refractivity contribution in [1.82, 2.24) is 30.0 Å². The molecule has 1 fully saturated rings. The maximum atomic E-state index is 4.85. The number of nitrogens with zero attached hydrogens (tertiary/aromatic N) is 7. The van der Waals surface area contributed by atoms with E-state index in [-0.39, 0.29) is 5.41 Å². The van der Waals surface area contributed by atoms with Crippen molar-refractivity contribution < 1.29 is 0 Å². The minimum absolute atomic E-state index is 0.134. The molecule has 1 aliphatic rings. The lowest BCUT2D eigenvalue weighted by Gasteiger charge is -2.32. The Balaban J connectivity index is 1.40. The Bertz CT molecular complexity index is 855. The highest BCUT2D eigenvalue weighted by Gasteiger charge is 2.24. The number of thiazole rings is 1. The van der Waals surface area contributed by atoms with Crippen LogP contribution in [0, 0.1) is 5.92 Å². The first-order valence-electron chi connectivity index (χ1n) is 8.73. The van der Waals surface area contributed by atoms with Crippen molar-refractivity contribution in [3.63, 3.8) is 0 Å². The van der Waals surface area contributed by atoms with Crippen LogP contribution in [0.4, 0.5) is 5.82 Å². The highest BCUT2D eigenvalue weighted by Crippen LogP contribution is 2.29. The van der Waals surface area contributed by atoms with Gasteiger partial charge in [-0.3, -0.25) is 0 Å². The van der Waals surface area contributed by atoms with E-state index in [1.807, 2.05) is 0 Å². The summed E-state index contributed by atoms with van der Waals surface area (Å²) in [5.41, 5.74) is 2.07. The molecule has 0 unspecified atom stereocenters. The third-order valence-electron chi connectivity index (χ3n) is 4.80. The van der Waals surface area contributed by atoms with Crippen LogP contribution in [0.2, 0.25) is 0 Å². The molecule has 0 amide bonds. The Morgan fingerprint density at radius 2 is 2.04 bits per heavy atom. The predicted octanol–water partition coefficient (Wildman–Crippen LogP) is 2.73. The number of piperidine rings is 1. The predicted molar refractivity (Wildman–Crippen MR) is 98.0 cm³/mol. The van der Waals surface area contributed by atoms with E-state index in [2.05, 4.69) is 51.6 Å². The number of aromatic nitrogens is 6. The van der Waals surface area contributed by atoms with Gasteiger partial charge in [-0.2, -0.15) is 4.52 Å². The van der Waals surface area contributed by atoms with Gasteiger partial charge in [0.2, 0.25) is 5.65 Å². The fraction of sp³-hybridized carbons (Fsp3) is 0.588. The minimum atomic E-state index is 0.134. The second-order valence-corrected chi connectivity index (χ2v) is 8.65. The lowest BCUT2D eigenvalue weighted by molar-refractivity contribution is 0.401. The van der Waals surface area contributed by atoms with Crippen LogP contribution in [0.3, 0.4) is 0 Å². The average Bonchev–Trinajstić information content (AvgIpc) is 3.23. The number of fused-ring (bicyclic) bond motifs is 1. The Hall–Kier alpha value is -2.09. The summed E-state index contributed by atoms with van der Waals surface area (Å²) < 4.78 is 1.68. The lowest BCUT2D eigenvalue weighted by Crippen LogP contribution is -2.35. The molecule has 3 aromatic heterocycles. The van der Waals surface area contributed by atoms with E-state index in [9.17, 15) is 0 Å². The fourth-order valence-corrected chi connectivity index (χ4v) is 4.37. The summed E-state index contributed by atoms with van der Waals surface area (Å²) in [4.78, 5) is 11.6. The number of hydrogen-bond donors (Lipinski definition) is 0. The van der Waals surface area contributed by atoms with Crippen molar-refractivity contribution in [1.29, 1.82) is 0 Å². The van der Waals surface area contributed by atoms with Gasteiger partial charge >= 0.3 is 0 Å². The zero-order chi connectivity index (χ0) is 17.4. The normalized spacial score (nSPS) is 16.7. The van der Waals surface area contributed by atoms with Crippen molar-refractivity contribution in [2.75, 3.05) is 18.0 Å². The number of anilines is 1. The molecule has 0 bridgehead atoms. The van der Waals surface area contributed by atoms with Crippen LogP contribution >= 0.6 is 11.3 Å². The largest absolute Gasteiger partial charge is 0.353 e. The summed E-state index contributed by atoms with van der Waals surface area (Å²) in [7, 11) is 0. The molecule has 4 rings (SSSR count). The average molecular weight is 357 g/mol. The van der Waals surface area contributed by atoms with Gasteiger partial charge in [-0.25, -0.2) is 9.97 Å². The second kappa shape index (κ2) is 6.33. The molecule has 0 N–H and O–H groups in total. The van der Waals surface area contributed by atoms with Gasteiger partial charge in [-0.05, 0) is 29.2 Å². The highest BCUT2D eigenvalue weighted by molar-refractivity contribution is 7.09. The van der Waals surface area contributed by atoms with Crippen molar-refractivity contribution in [2.24, 2.45) is 5.92 Å². The summed E-state index contributed by atoms with van der Waals surface area (Å²) in [6.45, 7) is 8.63. The minimum Gasteiger partial charge on any atom is -0.353 e. The Morgan fingerprint density at radius 3 is 2.76 bits per heavy atom. The van der Waals surface area contributed by atoms with Gasteiger partial charge in [0, 0.05) is 36.5 Å². The number of hydrogen-bond acceptors (Lipinski definition) is 7. The van der Waals surface area contributed by atoms with Crippen molar-refractivity contribution in [2.45, 2.75) is 45.4 Å². The standard InChI is InChI=1S/C17H23N7S/c1-17(2,3)13-11-25-14(19-13)10-12-4-7-23(8-5-12)15-16-20-21-22-24(16)9-6-18-15/h6,9,11-12H,4-5,7-8,10H2,1-3H3. The molecule has 1 aliphatic heterocycles. The van der Waals surface area contributed by atoms with Crippen LogP contribution in [0.25, 0.3) is 5.65 Å². The summed E-state index contributed by atoms with van der Waals surface area (Å²) in [5.74, 6) is 1.57. The lowest BCUT2D eigenvalue weighted by atomic mass is 9.92. The van der Waals surface area contributed by atoms with Gasteiger partial charge in [0.25, 0.3) is 0 Å². The first-order chi connectivity index (χ1) is 12.0. The first-order valence-corrected chi connectivity index (χ1v) is 9.61. The monoisotopic (exact) mass is 357 g/mol. The zero-order valence-electron chi connectivity index (χ0n) is 14.9. The quantitative estimate of drug-likeness (QED) is 0.718. The molecule has 4 heterocycles. The van der Waals surface area contributed by atoms with E-state index in [4.69, 9.17) is 4.98 Å². The number of tetrazole rings is 1. The van der Waals surface area contributed by atoms with Gasteiger partial charge in [0.1, 0.15) is 0 Å². The first kappa shape index (κ1) is 16.4. The van der Waals surface area contributed by atoms with Crippen molar-refractivity contribution in [3.05, 3.63) is 28.5 Å². The van der Waals surface area contributed by atoms with E-state index in [1.165, 1.54) is 10.7 Å². The van der Waals surface area contributed by atoms with Crippen LogP contribution in [-0.4, -0.2) is 43.1 Å². The van der Waals surface area contributed by atoms with Crippen LogP contribution in [-0.2, 0) is 11.8 Å². The van der Waals surface area contributed by atoms with E-state index in [0.717, 1.165) is 43.8 Å². The van der Waals surface area contributed by atoms with E-state index in [0.29, 0.717) is 5.92 Å². The molecular weight excluding hydrogens is 334 g/mol. The molecule has 0 atom stereocenters. The van der Waals surface area contributed by atoms with Crippen LogP contribution in [0.5, 0.6) is 0 Å². The van der Waals surface area contributed by atoms with Gasteiger partial charge in [-0.15, -0.1) is 16.4 Å². The molecular formula is C17H23N7S. The van der Waals surface area contributed by atoms with Crippen molar-refractivity contribution in [3.8, 4) is 0 Å². The zero-order valence-corrected chi connectivity index (χ0v) is 15.7. The summed E-state index contributed by atoms with van der Waals surface area (Å²) in [5, 5.41) is 15.3. The summed E-state index contributed by atoms with van der Waals surface area (Å²) in [6, 6.07) is 0. The maximum Gasteiger partial charge on any atom is 0.221 e. The van der Waals surface area contributed by atoms with Gasteiger partial charge in [0.05, 0.1) is 16.9 Å². The molecule has 7 nitrogen and oxygen atoms in total. The maximum absolute atomic E-state index is 4.85. The Labute approximate surface area is 151 Å². The molecule has 25 heavy (non-hydrogen) atoms. The fourth-order valence-electron chi connectivity index (χ4n) is 3.23. The van der Waals surface area contributed by atoms with E-state index in [1.54, 1.807) is 28.2 Å². The van der Waals surface area contributed by atoms with Crippen LogP contribution in [0.15, 0.2) is 17.8 Å². The second-order valence-electron chi connectivity index (χ2n) is 7.71. The molecule has 8 heteroatoms. The topological polar surface area (TPSA) is 72.1 Å². The third kappa shape index (κ3) is 3.35. The highest BCUT2D eigenvalue weighted by atomic mass is 32.1. The molecule has 0 saturated carbocycles. The molecule has 132 valence electrons. The van der Waals surface area contributed by atoms with Gasteiger partial charge < -0.3 is 4.90 Å². The summed E-state index contributed by atoms with van der Waals surface area (Å²) >= 11 is 1.80. The third-order valence-corrected chi connectivity index (χ3v) is 5.67. The molecule has 0 spiro atoms. The molecule has 0 radical (unpaired) electrons.